The van der Waals surface area contributed by atoms with Crippen LogP contribution in [0, 0.1) is 0 Å². The van der Waals surface area contributed by atoms with Gasteiger partial charge in [-0.3, -0.25) is 5.43 Å². The van der Waals surface area contributed by atoms with Crippen molar-refractivity contribution in [3.05, 3.63) is 76.4 Å². The van der Waals surface area contributed by atoms with Crippen LogP contribution in [-0.4, -0.2) is 16.2 Å². The Morgan fingerprint density at radius 3 is 2.31 bits per heavy atom. The molecule has 8 heteroatoms. The van der Waals surface area contributed by atoms with E-state index in [-0.39, 0.29) is 11.6 Å². The normalized spacial score (nSPS) is 11.7. The SMILES string of the molecule is FC(F)(F)c1cc(N/N=C/c2ccc(Br)cc2)nc(-c2ccccc2)n1. The molecule has 0 spiro atoms. The molecule has 1 aromatic heterocycles. The number of nitrogens with one attached hydrogen (secondary N) is 1. The van der Waals surface area contributed by atoms with Crippen LogP contribution in [0.3, 0.4) is 0 Å². The van der Waals surface area contributed by atoms with Crippen LogP contribution in [0.15, 0.2) is 70.2 Å². The number of hydrogen-bond acceptors (Lipinski definition) is 4. The third-order valence-corrected chi connectivity index (χ3v) is 3.84. The van der Waals surface area contributed by atoms with Crippen LogP contribution in [-0.2, 0) is 6.18 Å². The van der Waals surface area contributed by atoms with Crippen LogP contribution in [0.4, 0.5) is 19.0 Å². The van der Waals surface area contributed by atoms with Gasteiger partial charge >= 0.3 is 6.18 Å². The summed E-state index contributed by atoms with van der Waals surface area (Å²) in [6, 6.07) is 16.6. The van der Waals surface area contributed by atoms with Crippen LogP contribution in [0.25, 0.3) is 11.4 Å². The van der Waals surface area contributed by atoms with Gasteiger partial charge in [0.15, 0.2) is 17.3 Å². The van der Waals surface area contributed by atoms with Crippen molar-refractivity contribution in [1.29, 1.82) is 0 Å². The number of nitrogens with zero attached hydrogens (tertiary/aromatic N) is 3. The number of anilines is 1. The Kier molecular flexibility index (Phi) is 5.32. The van der Waals surface area contributed by atoms with Gasteiger partial charge in [0, 0.05) is 16.1 Å². The fraction of sp³-hybridized carbons (Fsp3) is 0.0556. The van der Waals surface area contributed by atoms with E-state index in [0.29, 0.717) is 5.56 Å². The van der Waals surface area contributed by atoms with Gasteiger partial charge in [0.2, 0.25) is 0 Å². The Balaban J connectivity index is 1.89. The first-order valence-corrected chi connectivity index (χ1v) is 8.27. The summed E-state index contributed by atoms with van der Waals surface area (Å²) in [5.41, 5.74) is 2.77. The summed E-state index contributed by atoms with van der Waals surface area (Å²) in [6.45, 7) is 0. The standard InChI is InChI=1S/C18H12BrF3N4/c19-14-8-6-12(7-9-14)11-23-26-16-10-15(18(20,21)22)24-17(25-16)13-4-2-1-3-5-13/h1-11H,(H,24,25,26)/b23-11+. The molecule has 0 saturated heterocycles. The maximum atomic E-state index is 13.1. The minimum absolute atomic E-state index is 0.0261. The number of halogens is 4. The van der Waals surface area contributed by atoms with Crippen molar-refractivity contribution in [2.24, 2.45) is 5.10 Å². The second-order valence-electron chi connectivity index (χ2n) is 5.25. The van der Waals surface area contributed by atoms with Gasteiger partial charge in [-0.1, -0.05) is 58.4 Å². The molecule has 0 amide bonds. The number of hydrogen-bond donors (Lipinski definition) is 1. The number of hydrazone groups is 1. The van der Waals surface area contributed by atoms with Crippen molar-refractivity contribution in [3.63, 3.8) is 0 Å². The first-order chi connectivity index (χ1) is 12.4. The monoisotopic (exact) mass is 420 g/mol. The van der Waals surface area contributed by atoms with E-state index in [2.05, 4.69) is 36.4 Å². The van der Waals surface area contributed by atoms with E-state index in [1.165, 1.54) is 6.21 Å². The van der Waals surface area contributed by atoms with Gasteiger partial charge in [0.1, 0.15) is 0 Å². The van der Waals surface area contributed by atoms with E-state index in [1.807, 2.05) is 24.3 Å². The molecule has 1 N–H and O–H groups in total. The average Bonchev–Trinajstić information content (AvgIpc) is 2.63. The van der Waals surface area contributed by atoms with Crippen molar-refractivity contribution >= 4 is 28.0 Å². The lowest BCUT2D eigenvalue weighted by Crippen LogP contribution is -2.11. The van der Waals surface area contributed by atoms with Gasteiger partial charge in [-0.05, 0) is 17.7 Å². The van der Waals surface area contributed by atoms with Crippen molar-refractivity contribution in [3.8, 4) is 11.4 Å². The molecule has 3 aromatic rings. The zero-order valence-corrected chi connectivity index (χ0v) is 14.8. The van der Waals surface area contributed by atoms with Crippen LogP contribution < -0.4 is 5.43 Å². The summed E-state index contributed by atoms with van der Waals surface area (Å²) < 4.78 is 40.3. The zero-order valence-electron chi connectivity index (χ0n) is 13.2. The van der Waals surface area contributed by atoms with Crippen LogP contribution in [0.2, 0.25) is 0 Å². The third-order valence-electron chi connectivity index (χ3n) is 3.31. The molecule has 0 atom stereocenters. The Labute approximate surface area is 155 Å². The van der Waals surface area contributed by atoms with Gasteiger partial charge in [0.05, 0.1) is 6.21 Å². The lowest BCUT2D eigenvalue weighted by atomic mass is 10.2. The van der Waals surface area contributed by atoms with Gasteiger partial charge in [-0.15, -0.1) is 0 Å². The van der Waals surface area contributed by atoms with Gasteiger partial charge in [-0.25, -0.2) is 9.97 Å². The summed E-state index contributed by atoms with van der Waals surface area (Å²) in [5, 5.41) is 3.95. The van der Waals surface area contributed by atoms with Crippen LogP contribution >= 0.6 is 15.9 Å². The van der Waals surface area contributed by atoms with Gasteiger partial charge in [-0.2, -0.15) is 18.3 Å². The zero-order chi connectivity index (χ0) is 18.6. The molecule has 0 unspecified atom stereocenters. The summed E-state index contributed by atoms with van der Waals surface area (Å²) in [6.07, 6.45) is -3.09. The maximum absolute atomic E-state index is 13.1. The molecule has 3 rings (SSSR count). The minimum atomic E-state index is -4.58. The number of aromatic nitrogens is 2. The van der Waals surface area contributed by atoms with Crippen molar-refractivity contribution in [2.45, 2.75) is 6.18 Å². The summed E-state index contributed by atoms with van der Waals surface area (Å²) >= 11 is 3.32. The fourth-order valence-corrected chi connectivity index (χ4v) is 2.35. The van der Waals surface area contributed by atoms with Crippen LogP contribution in [0.5, 0.6) is 0 Å². The molecule has 4 nitrogen and oxygen atoms in total. The molecule has 0 aliphatic carbocycles. The average molecular weight is 421 g/mol. The molecule has 0 saturated carbocycles. The Morgan fingerprint density at radius 2 is 1.65 bits per heavy atom. The summed E-state index contributed by atoms with van der Waals surface area (Å²) in [5.74, 6) is -0.0682. The van der Waals surface area contributed by atoms with E-state index in [9.17, 15) is 13.2 Å². The van der Waals surface area contributed by atoms with E-state index < -0.39 is 11.9 Å². The first-order valence-electron chi connectivity index (χ1n) is 7.48. The molecule has 0 aliphatic rings. The van der Waals surface area contributed by atoms with Gasteiger partial charge < -0.3 is 0 Å². The smallest absolute Gasteiger partial charge is 0.261 e. The Hall–Kier alpha value is -2.74. The Morgan fingerprint density at radius 1 is 0.962 bits per heavy atom. The highest BCUT2D eigenvalue weighted by Crippen LogP contribution is 2.30. The van der Waals surface area contributed by atoms with E-state index in [0.717, 1.165) is 16.1 Å². The summed E-state index contributed by atoms with van der Waals surface area (Å²) in [4.78, 5) is 7.74. The van der Waals surface area contributed by atoms with E-state index in [4.69, 9.17) is 0 Å². The van der Waals surface area contributed by atoms with Crippen molar-refractivity contribution in [2.75, 3.05) is 5.43 Å². The number of benzene rings is 2. The predicted molar refractivity (Wildman–Crippen MR) is 97.8 cm³/mol. The lowest BCUT2D eigenvalue weighted by molar-refractivity contribution is -0.141. The van der Waals surface area contributed by atoms with E-state index >= 15 is 0 Å². The Bertz CT molecular complexity index is 910. The molecule has 1 heterocycles. The van der Waals surface area contributed by atoms with E-state index in [1.54, 1.807) is 30.3 Å². The highest BCUT2D eigenvalue weighted by molar-refractivity contribution is 9.10. The largest absolute Gasteiger partial charge is 0.433 e. The maximum Gasteiger partial charge on any atom is 0.433 e. The molecule has 132 valence electrons. The second kappa shape index (κ2) is 7.65. The topological polar surface area (TPSA) is 50.2 Å². The van der Waals surface area contributed by atoms with Crippen LogP contribution in [0.1, 0.15) is 11.3 Å². The highest BCUT2D eigenvalue weighted by Gasteiger charge is 2.33. The molecule has 26 heavy (non-hydrogen) atoms. The quantitative estimate of drug-likeness (QED) is 0.455. The van der Waals surface area contributed by atoms with Crippen molar-refractivity contribution in [1.82, 2.24) is 9.97 Å². The molecule has 0 fully saturated rings. The molecular weight excluding hydrogens is 409 g/mol. The highest BCUT2D eigenvalue weighted by atomic mass is 79.9. The lowest BCUT2D eigenvalue weighted by Gasteiger charge is -2.10. The summed E-state index contributed by atoms with van der Waals surface area (Å²) in [7, 11) is 0. The first kappa shape index (κ1) is 18.1. The molecular formula is C18H12BrF3N4. The molecule has 2 aromatic carbocycles. The van der Waals surface area contributed by atoms with Crippen molar-refractivity contribution < 1.29 is 13.2 Å². The predicted octanol–water partition coefficient (Wildman–Crippen LogP) is 5.37. The van der Waals surface area contributed by atoms with Gasteiger partial charge in [0.25, 0.3) is 0 Å². The molecule has 0 bridgehead atoms. The number of rotatable bonds is 4. The fourth-order valence-electron chi connectivity index (χ4n) is 2.09. The minimum Gasteiger partial charge on any atom is -0.261 e. The molecule has 0 aliphatic heterocycles. The third kappa shape index (κ3) is 4.66. The molecule has 0 radical (unpaired) electrons. The second-order valence-corrected chi connectivity index (χ2v) is 6.16. The number of alkyl halides is 3.